The van der Waals surface area contributed by atoms with Crippen LogP contribution in [0.4, 0.5) is 0 Å². The second kappa shape index (κ2) is 9.15. The number of amides is 1. The average Bonchev–Trinajstić information content (AvgIpc) is 2.82. The summed E-state index contributed by atoms with van der Waals surface area (Å²) in [4.78, 5) is 26.7. The van der Waals surface area contributed by atoms with Gasteiger partial charge in [-0.15, -0.1) is 12.4 Å². The number of carboxylic acids is 1. The van der Waals surface area contributed by atoms with Gasteiger partial charge >= 0.3 is 5.97 Å². The number of nitrogens with two attached hydrogens (primary N) is 1. The molecule has 0 aromatic heterocycles. The molecule has 1 fully saturated rings. The molecule has 0 aromatic rings. The maximum Gasteiger partial charge on any atom is 0.326 e. The highest BCUT2D eigenvalue weighted by Gasteiger charge is 2.35. The average molecular weight is 308 g/mol. The van der Waals surface area contributed by atoms with E-state index in [9.17, 15) is 9.59 Å². The van der Waals surface area contributed by atoms with Crippen LogP contribution in [0.25, 0.3) is 0 Å². The summed E-state index contributed by atoms with van der Waals surface area (Å²) in [6, 6.07) is -1.25. The van der Waals surface area contributed by atoms with Crippen molar-refractivity contribution >= 4 is 24.3 Å². The van der Waals surface area contributed by atoms with E-state index in [-0.39, 0.29) is 18.3 Å². The molecular formula is C13H26ClN3O3. The smallest absolute Gasteiger partial charge is 0.326 e. The van der Waals surface area contributed by atoms with E-state index in [2.05, 4.69) is 4.90 Å². The standard InChI is InChI=1S/C13H25N3O3.ClH/c1-15(2)8-4-3-6-10(14)12(17)16-9-5-7-11(16)13(18)19;/h10-11H,3-9,14H2,1-2H3,(H,18,19);1H/t10-,11-;/m0./s1. The lowest BCUT2D eigenvalue weighted by atomic mass is 10.1. The summed E-state index contributed by atoms with van der Waals surface area (Å²) in [5, 5.41) is 9.05. The van der Waals surface area contributed by atoms with E-state index >= 15 is 0 Å². The van der Waals surface area contributed by atoms with Crippen LogP contribution in [0.2, 0.25) is 0 Å². The van der Waals surface area contributed by atoms with E-state index < -0.39 is 18.1 Å². The SMILES string of the molecule is CN(C)CCCC[C@H](N)C(=O)N1CCC[C@H]1C(=O)O.Cl. The van der Waals surface area contributed by atoms with Gasteiger partial charge in [0.2, 0.25) is 5.91 Å². The molecule has 1 heterocycles. The molecular weight excluding hydrogens is 282 g/mol. The number of aliphatic carboxylic acids is 1. The van der Waals surface area contributed by atoms with Crippen LogP contribution < -0.4 is 5.73 Å². The van der Waals surface area contributed by atoms with Crippen molar-refractivity contribution in [1.82, 2.24) is 9.80 Å². The minimum atomic E-state index is -0.925. The lowest BCUT2D eigenvalue weighted by molar-refractivity contribution is -0.148. The van der Waals surface area contributed by atoms with E-state index in [1.807, 2.05) is 14.1 Å². The van der Waals surface area contributed by atoms with Gasteiger partial charge in [0, 0.05) is 6.54 Å². The Balaban J connectivity index is 0.00000361. The molecule has 0 aliphatic carbocycles. The fourth-order valence-electron chi connectivity index (χ4n) is 2.42. The van der Waals surface area contributed by atoms with Crippen molar-refractivity contribution in [2.24, 2.45) is 5.73 Å². The highest BCUT2D eigenvalue weighted by Crippen LogP contribution is 2.19. The van der Waals surface area contributed by atoms with Gasteiger partial charge in [-0.3, -0.25) is 4.79 Å². The van der Waals surface area contributed by atoms with Crippen molar-refractivity contribution in [3.05, 3.63) is 0 Å². The Morgan fingerprint density at radius 2 is 2.05 bits per heavy atom. The third-order valence-corrected chi connectivity index (χ3v) is 3.51. The molecule has 0 saturated carbocycles. The first-order valence-electron chi connectivity index (χ1n) is 6.87. The number of hydrogen-bond acceptors (Lipinski definition) is 4. The van der Waals surface area contributed by atoms with E-state index in [0.717, 1.165) is 25.8 Å². The fraction of sp³-hybridized carbons (Fsp3) is 0.846. The lowest BCUT2D eigenvalue weighted by Crippen LogP contribution is -2.48. The van der Waals surface area contributed by atoms with Gasteiger partial charge in [-0.25, -0.2) is 4.79 Å². The number of halogens is 1. The van der Waals surface area contributed by atoms with E-state index in [0.29, 0.717) is 19.4 Å². The van der Waals surface area contributed by atoms with Gasteiger partial charge in [0.25, 0.3) is 0 Å². The Morgan fingerprint density at radius 3 is 2.60 bits per heavy atom. The minimum absolute atomic E-state index is 0. The van der Waals surface area contributed by atoms with E-state index in [1.165, 1.54) is 4.90 Å². The summed E-state index contributed by atoms with van der Waals surface area (Å²) in [6.45, 7) is 1.49. The molecule has 0 unspecified atom stereocenters. The quantitative estimate of drug-likeness (QED) is 0.671. The van der Waals surface area contributed by atoms with Crippen LogP contribution in [0.5, 0.6) is 0 Å². The van der Waals surface area contributed by atoms with Gasteiger partial charge in [-0.1, -0.05) is 6.42 Å². The third-order valence-electron chi connectivity index (χ3n) is 3.51. The van der Waals surface area contributed by atoms with Crippen molar-refractivity contribution in [3.8, 4) is 0 Å². The zero-order valence-electron chi connectivity index (χ0n) is 12.2. The van der Waals surface area contributed by atoms with Crippen molar-refractivity contribution in [3.63, 3.8) is 0 Å². The maximum absolute atomic E-state index is 12.1. The Labute approximate surface area is 126 Å². The predicted octanol–water partition coefficient (Wildman–Crippen LogP) is 0.543. The molecule has 6 nitrogen and oxygen atoms in total. The molecule has 118 valence electrons. The van der Waals surface area contributed by atoms with Gasteiger partial charge < -0.3 is 20.6 Å². The number of carbonyl (C=O) groups excluding carboxylic acids is 1. The Hall–Kier alpha value is -0.850. The normalized spacial score (nSPS) is 19.8. The highest BCUT2D eigenvalue weighted by molar-refractivity contribution is 5.87. The number of likely N-dealkylation sites (tertiary alicyclic amines) is 1. The molecule has 1 saturated heterocycles. The number of carbonyl (C=O) groups is 2. The van der Waals surface area contributed by atoms with E-state index in [4.69, 9.17) is 10.8 Å². The summed E-state index contributed by atoms with van der Waals surface area (Å²) in [5.41, 5.74) is 5.88. The molecule has 1 aliphatic rings. The highest BCUT2D eigenvalue weighted by atomic mass is 35.5. The first kappa shape index (κ1) is 19.1. The van der Waals surface area contributed by atoms with Crippen molar-refractivity contribution < 1.29 is 14.7 Å². The molecule has 1 amide bonds. The Bertz CT molecular complexity index is 326. The first-order valence-corrected chi connectivity index (χ1v) is 6.87. The molecule has 0 bridgehead atoms. The first-order chi connectivity index (χ1) is 8.93. The number of rotatable bonds is 7. The van der Waals surface area contributed by atoms with Gasteiger partial charge in [-0.2, -0.15) is 0 Å². The van der Waals surface area contributed by atoms with Crippen LogP contribution in [-0.4, -0.2) is 66.1 Å². The molecule has 1 aliphatic heterocycles. The molecule has 0 spiro atoms. The van der Waals surface area contributed by atoms with Crippen molar-refractivity contribution in [2.75, 3.05) is 27.2 Å². The summed E-state index contributed by atoms with van der Waals surface area (Å²) in [5.74, 6) is -1.14. The Kier molecular flexibility index (Phi) is 8.76. The molecule has 0 radical (unpaired) electrons. The summed E-state index contributed by atoms with van der Waals surface area (Å²) in [6.07, 6.45) is 3.78. The topological polar surface area (TPSA) is 86.9 Å². The minimum Gasteiger partial charge on any atom is -0.480 e. The Morgan fingerprint density at radius 1 is 1.40 bits per heavy atom. The maximum atomic E-state index is 12.1. The van der Waals surface area contributed by atoms with Gasteiger partial charge in [0.15, 0.2) is 0 Å². The van der Waals surface area contributed by atoms with Crippen LogP contribution >= 0.6 is 12.4 Å². The molecule has 20 heavy (non-hydrogen) atoms. The van der Waals surface area contributed by atoms with E-state index in [1.54, 1.807) is 0 Å². The van der Waals surface area contributed by atoms with Crippen molar-refractivity contribution in [2.45, 2.75) is 44.2 Å². The van der Waals surface area contributed by atoms with Crippen LogP contribution in [0.1, 0.15) is 32.1 Å². The van der Waals surface area contributed by atoms with Gasteiger partial charge in [0.05, 0.1) is 6.04 Å². The molecule has 0 aromatic carbocycles. The zero-order valence-corrected chi connectivity index (χ0v) is 13.1. The fourth-order valence-corrected chi connectivity index (χ4v) is 2.42. The summed E-state index contributed by atoms with van der Waals surface area (Å²) in [7, 11) is 4.01. The molecule has 1 rings (SSSR count). The van der Waals surface area contributed by atoms with Crippen LogP contribution in [0.15, 0.2) is 0 Å². The van der Waals surface area contributed by atoms with Gasteiger partial charge in [-0.05, 0) is 46.3 Å². The van der Waals surface area contributed by atoms with Crippen molar-refractivity contribution in [1.29, 1.82) is 0 Å². The molecule has 3 N–H and O–H groups in total. The lowest BCUT2D eigenvalue weighted by Gasteiger charge is -2.24. The number of carboxylic acid groups (broad SMARTS) is 1. The molecule has 7 heteroatoms. The zero-order chi connectivity index (χ0) is 14.4. The number of nitrogens with zero attached hydrogens (tertiary/aromatic N) is 2. The van der Waals surface area contributed by atoms with Gasteiger partial charge in [0.1, 0.15) is 6.04 Å². The van der Waals surface area contributed by atoms with Crippen LogP contribution in [-0.2, 0) is 9.59 Å². The second-order valence-electron chi connectivity index (χ2n) is 5.43. The summed E-state index contributed by atoms with van der Waals surface area (Å²) < 4.78 is 0. The second-order valence-corrected chi connectivity index (χ2v) is 5.43. The number of unbranched alkanes of at least 4 members (excludes halogenated alkanes) is 1. The van der Waals surface area contributed by atoms with Crippen LogP contribution in [0.3, 0.4) is 0 Å². The predicted molar refractivity (Wildman–Crippen MR) is 80.0 cm³/mol. The number of hydrogen-bond donors (Lipinski definition) is 2. The van der Waals surface area contributed by atoms with Crippen LogP contribution in [0, 0.1) is 0 Å². The molecule has 2 atom stereocenters. The summed E-state index contributed by atoms with van der Waals surface area (Å²) >= 11 is 0. The third kappa shape index (κ3) is 5.64. The largest absolute Gasteiger partial charge is 0.480 e. The monoisotopic (exact) mass is 307 g/mol.